The molecular weight excluding hydrogens is 352 g/mol. The molecule has 1 amide bonds. The molecule has 0 aliphatic rings. The number of nitrogens with zero attached hydrogens (tertiary/aromatic N) is 2. The fourth-order valence-corrected chi connectivity index (χ4v) is 2.66. The molecule has 0 fully saturated rings. The van der Waals surface area contributed by atoms with Gasteiger partial charge in [0.05, 0.1) is 20.2 Å². The van der Waals surface area contributed by atoms with Crippen molar-refractivity contribution in [1.82, 2.24) is 15.5 Å². The number of nitrogens with one attached hydrogen (secondary N) is 2. The fraction of sp³-hybridized carbons (Fsp3) is 0.364. The van der Waals surface area contributed by atoms with Gasteiger partial charge in [-0.2, -0.15) is 0 Å². The van der Waals surface area contributed by atoms with Gasteiger partial charge in [0.25, 0.3) is 0 Å². The van der Waals surface area contributed by atoms with Crippen LogP contribution in [0.15, 0.2) is 53.5 Å². The summed E-state index contributed by atoms with van der Waals surface area (Å²) in [5, 5.41) is 6.43. The number of methoxy groups -OCH3 is 1. The van der Waals surface area contributed by atoms with Gasteiger partial charge in [-0.25, -0.2) is 4.99 Å². The number of guanidine groups is 1. The van der Waals surface area contributed by atoms with Crippen LogP contribution in [-0.2, 0) is 17.8 Å². The molecule has 0 heterocycles. The molecule has 0 saturated heterocycles. The molecule has 0 spiro atoms. The van der Waals surface area contributed by atoms with Crippen LogP contribution in [0.1, 0.15) is 16.7 Å². The smallest absolute Gasteiger partial charge is 0.241 e. The second-order valence-corrected chi connectivity index (χ2v) is 6.78. The summed E-state index contributed by atoms with van der Waals surface area (Å²) in [6, 6.07) is 16.2. The molecule has 2 aromatic rings. The minimum atomic E-state index is -0.00503. The molecule has 0 atom stereocenters. The molecule has 0 aromatic heterocycles. The number of hydrogen-bond acceptors (Lipinski definition) is 3. The van der Waals surface area contributed by atoms with E-state index in [1.54, 1.807) is 26.1 Å². The molecule has 28 heavy (non-hydrogen) atoms. The zero-order valence-electron chi connectivity index (χ0n) is 17.2. The average molecular weight is 383 g/mol. The van der Waals surface area contributed by atoms with Crippen LogP contribution < -0.4 is 15.4 Å². The zero-order valence-corrected chi connectivity index (χ0v) is 17.2. The predicted octanol–water partition coefficient (Wildman–Crippen LogP) is 2.37. The van der Waals surface area contributed by atoms with E-state index in [1.165, 1.54) is 5.56 Å². The molecule has 2 rings (SSSR count). The van der Waals surface area contributed by atoms with E-state index in [-0.39, 0.29) is 12.5 Å². The number of amides is 1. The van der Waals surface area contributed by atoms with Gasteiger partial charge in [0.2, 0.25) is 5.91 Å². The van der Waals surface area contributed by atoms with Gasteiger partial charge in [-0.3, -0.25) is 4.79 Å². The summed E-state index contributed by atoms with van der Waals surface area (Å²) >= 11 is 0. The Balaban J connectivity index is 2.00. The van der Waals surface area contributed by atoms with Crippen molar-refractivity contribution >= 4 is 11.9 Å². The van der Waals surface area contributed by atoms with E-state index in [0.717, 1.165) is 23.3 Å². The van der Waals surface area contributed by atoms with Crippen LogP contribution in [0.3, 0.4) is 0 Å². The van der Waals surface area contributed by atoms with Crippen molar-refractivity contribution in [3.05, 3.63) is 65.2 Å². The van der Waals surface area contributed by atoms with Gasteiger partial charge in [0.1, 0.15) is 5.75 Å². The minimum Gasteiger partial charge on any atom is -0.496 e. The number of ether oxygens (including phenoxy) is 1. The molecule has 2 aromatic carbocycles. The monoisotopic (exact) mass is 382 g/mol. The van der Waals surface area contributed by atoms with Crippen molar-refractivity contribution in [1.29, 1.82) is 0 Å². The molecule has 0 radical (unpaired) electrons. The largest absolute Gasteiger partial charge is 0.496 e. The van der Waals surface area contributed by atoms with Crippen LogP contribution in [0, 0.1) is 6.92 Å². The third kappa shape index (κ3) is 6.95. The van der Waals surface area contributed by atoms with Crippen molar-refractivity contribution in [2.24, 2.45) is 4.99 Å². The Hall–Kier alpha value is -3.02. The van der Waals surface area contributed by atoms with Crippen LogP contribution in [0.4, 0.5) is 0 Å². The highest BCUT2D eigenvalue weighted by molar-refractivity contribution is 5.86. The zero-order chi connectivity index (χ0) is 20.4. The van der Waals surface area contributed by atoms with E-state index < -0.39 is 0 Å². The Kier molecular flexibility index (Phi) is 8.34. The first kappa shape index (κ1) is 21.3. The first-order valence-corrected chi connectivity index (χ1v) is 9.39. The molecular formula is C22H30N4O2. The van der Waals surface area contributed by atoms with Gasteiger partial charge in [-0.15, -0.1) is 0 Å². The molecule has 0 saturated carbocycles. The summed E-state index contributed by atoms with van der Waals surface area (Å²) in [5.41, 5.74) is 3.45. The van der Waals surface area contributed by atoms with E-state index in [2.05, 4.69) is 28.6 Å². The van der Waals surface area contributed by atoms with Crippen molar-refractivity contribution in [2.75, 3.05) is 34.3 Å². The molecule has 0 aliphatic carbocycles. The van der Waals surface area contributed by atoms with Gasteiger partial charge < -0.3 is 20.3 Å². The number of aryl methyl sites for hydroxylation is 1. The molecule has 0 aliphatic heterocycles. The lowest BCUT2D eigenvalue weighted by molar-refractivity contribution is -0.127. The molecule has 2 N–H and O–H groups in total. The summed E-state index contributed by atoms with van der Waals surface area (Å²) in [6.45, 7) is 3.48. The second-order valence-electron chi connectivity index (χ2n) is 6.78. The van der Waals surface area contributed by atoms with Gasteiger partial charge in [-0.1, -0.05) is 48.0 Å². The van der Waals surface area contributed by atoms with Crippen LogP contribution in [0.5, 0.6) is 5.75 Å². The maximum Gasteiger partial charge on any atom is 0.241 e. The summed E-state index contributed by atoms with van der Waals surface area (Å²) in [5.74, 6) is 1.49. The van der Waals surface area contributed by atoms with Crippen LogP contribution >= 0.6 is 0 Å². The number of carbonyl (C=O) groups excluding carboxylic acids is 1. The number of likely N-dealkylation sites (N-methyl/N-ethyl adjacent to an activating group) is 1. The highest BCUT2D eigenvalue weighted by Crippen LogP contribution is 2.19. The third-order valence-electron chi connectivity index (χ3n) is 4.29. The van der Waals surface area contributed by atoms with E-state index >= 15 is 0 Å². The number of hydrogen-bond donors (Lipinski definition) is 2. The Labute approximate surface area is 167 Å². The van der Waals surface area contributed by atoms with Crippen LogP contribution in [-0.4, -0.2) is 51.1 Å². The molecule has 150 valence electrons. The first-order chi connectivity index (χ1) is 13.5. The number of aliphatic imine (C=N–C) groups is 1. The standard InChI is InChI=1S/C22H30N4O2/c1-17-10-11-20(28-4)19(14-17)12-13-23-22(25-16-21(27)26(2)3)24-15-18-8-6-5-7-9-18/h5-11,14H,12-13,15-16H2,1-4H3,(H2,23,24,25). The van der Waals surface area contributed by atoms with Crippen molar-refractivity contribution < 1.29 is 9.53 Å². The minimum absolute atomic E-state index is 0.00503. The van der Waals surface area contributed by atoms with Gasteiger partial charge in [-0.05, 0) is 30.5 Å². The Bertz CT molecular complexity index is 788. The fourth-order valence-electron chi connectivity index (χ4n) is 2.66. The SMILES string of the molecule is COc1ccc(C)cc1CCNC(=NCc1ccccc1)NCC(=O)N(C)C. The average Bonchev–Trinajstić information content (AvgIpc) is 2.70. The third-order valence-corrected chi connectivity index (χ3v) is 4.29. The quantitative estimate of drug-likeness (QED) is 0.543. The summed E-state index contributed by atoms with van der Waals surface area (Å²) in [6.07, 6.45) is 0.790. The lowest BCUT2D eigenvalue weighted by Gasteiger charge is -2.16. The normalized spacial score (nSPS) is 11.1. The maximum atomic E-state index is 11.9. The van der Waals surface area contributed by atoms with Crippen LogP contribution in [0.2, 0.25) is 0 Å². The highest BCUT2D eigenvalue weighted by Gasteiger charge is 2.07. The summed E-state index contributed by atoms with van der Waals surface area (Å²) in [4.78, 5) is 18.1. The molecule has 0 unspecified atom stereocenters. The van der Waals surface area contributed by atoms with E-state index in [0.29, 0.717) is 19.0 Å². The lowest BCUT2D eigenvalue weighted by atomic mass is 10.1. The van der Waals surface area contributed by atoms with Crippen molar-refractivity contribution in [2.45, 2.75) is 19.9 Å². The van der Waals surface area contributed by atoms with Gasteiger partial charge >= 0.3 is 0 Å². The Morgan fingerprint density at radius 1 is 1.11 bits per heavy atom. The molecule has 0 bridgehead atoms. The van der Waals surface area contributed by atoms with Crippen molar-refractivity contribution in [3.8, 4) is 5.75 Å². The number of carbonyl (C=O) groups is 1. The van der Waals surface area contributed by atoms with E-state index in [1.807, 2.05) is 42.5 Å². The molecule has 6 nitrogen and oxygen atoms in total. The van der Waals surface area contributed by atoms with Gasteiger partial charge in [0, 0.05) is 20.6 Å². The van der Waals surface area contributed by atoms with E-state index in [4.69, 9.17) is 4.74 Å². The van der Waals surface area contributed by atoms with Crippen molar-refractivity contribution in [3.63, 3.8) is 0 Å². The highest BCUT2D eigenvalue weighted by atomic mass is 16.5. The van der Waals surface area contributed by atoms with Crippen LogP contribution in [0.25, 0.3) is 0 Å². The topological polar surface area (TPSA) is 66.0 Å². The van der Waals surface area contributed by atoms with Gasteiger partial charge in [0.15, 0.2) is 5.96 Å². The summed E-state index contributed by atoms with van der Waals surface area (Å²) < 4.78 is 5.44. The predicted molar refractivity (Wildman–Crippen MR) is 114 cm³/mol. The Morgan fingerprint density at radius 2 is 1.86 bits per heavy atom. The first-order valence-electron chi connectivity index (χ1n) is 9.39. The number of rotatable bonds is 8. The Morgan fingerprint density at radius 3 is 2.54 bits per heavy atom. The second kappa shape index (κ2) is 11.0. The maximum absolute atomic E-state index is 11.9. The molecule has 6 heteroatoms. The number of benzene rings is 2. The van der Waals surface area contributed by atoms with E-state index in [9.17, 15) is 4.79 Å². The summed E-state index contributed by atoms with van der Waals surface area (Å²) in [7, 11) is 5.16. The lowest BCUT2D eigenvalue weighted by Crippen LogP contribution is -2.43.